The first-order valence-corrected chi connectivity index (χ1v) is 11.9. The lowest BCUT2D eigenvalue weighted by molar-refractivity contribution is 0.0824. The van der Waals surface area contributed by atoms with Crippen LogP contribution in [0.2, 0.25) is 5.15 Å². The largest absolute Gasteiger partial charge is 0.453 e. The van der Waals surface area contributed by atoms with Crippen molar-refractivity contribution >= 4 is 45.8 Å². The molecule has 0 radical (unpaired) electrons. The van der Waals surface area contributed by atoms with Crippen LogP contribution in [0, 0.1) is 6.92 Å². The molecule has 0 aliphatic heterocycles. The smallest absolute Gasteiger partial charge is 0.407 e. The molecule has 2 amide bonds. The second-order valence-corrected chi connectivity index (χ2v) is 9.33. The van der Waals surface area contributed by atoms with E-state index in [0.29, 0.717) is 27.9 Å². The maximum atomic E-state index is 13.4. The predicted octanol–water partition coefficient (Wildman–Crippen LogP) is 3.27. The van der Waals surface area contributed by atoms with Gasteiger partial charge in [-0.05, 0) is 43.2 Å². The molecule has 2 N–H and O–H groups in total. The Kier molecular flexibility index (Phi) is 7.08. The molecule has 37 heavy (non-hydrogen) atoms. The van der Waals surface area contributed by atoms with Crippen LogP contribution in [0.4, 0.5) is 10.5 Å². The maximum Gasteiger partial charge on any atom is 0.407 e. The zero-order chi connectivity index (χ0) is 27.0. The number of halogens is 1. The number of carbonyl (C=O) groups excluding carboxylic acids is 2. The fourth-order valence-corrected chi connectivity index (χ4v) is 4.48. The van der Waals surface area contributed by atoms with Crippen LogP contribution in [0.5, 0.6) is 0 Å². The third kappa shape index (κ3) is 4.82. The SMILES string of the molecule is COC(=O)NCc1nc(Cl)ccc1NC(C)c1cc(C)cc2c(=O)n(C)c3c(C(=O)N(C)C)ncn3c12. The summed E-state index contributed by atoms with van der Waals surface area (Å²) in [6, 6.07) is 6.93. The van der Waals surface area contributed by atoms with Crippen LogP contribution in [0.25, 0.3) is 16.6 Å². The third-order valence-electron chi connectivity index (χ3n) is 6.09. The van der Waals surface area contributed by atoms with Gasteiger partial charge in [0.05, 0.1) is 42.0 Å². The molecule has 4 aromatic rings. The number of imidazole rings is 1. The van der Waals surface area contributed by atoms with Crippen molar-refractivity contribution in [2.75, 3.05) is 26.5 Å². The van der Waals surface area contributed by atoms with Gasteiger partial charge in [-0.3, -0.25) is 18.6 Å². The van der Waals surface area contributed by atoms with Crippen LogP contribution in [0.15, 0.2) is 35.4 Å². The molecular formula is C25H28ClN7O4. The summed E-state index contributed by atoms with van der Waals surface area (Å²) in [5.74, 6) is -0.299. The van der Waals surface area contributed by atoms with E-state index in [2.05, 4.69) is 25.3 Å². The summed E-state index contributed by atoms with van der Waals surface area (Å²) >= 11 is 6.10. The molecule has 0 aliphatic rings. The highest BCUT2D eigenvalue weighted by Gasteiger charge is 2.23. The first-order valence-electron chi connectivity index (χ1n) is 11.5. The molecule has 0 fully saturated rings. The van der Waals surface area contributed by atoms with Crippen molar-refractivity contribution in [2.45, 2.75) is 26.4 Å². The number of hydrogen-bond acceptors (Lipinski definition) is 7. The molecule has 1 unspecified atom stereocenters. The monoisotopic (exact) mass is 525 g/mol. The molecule has 3 aromatic heterocycles. The van der Waals surface area contributed by atoms with Gasteiger partial charge in [-0.2, -0.15) is 0 Å². The van der Waals surface area contributed by atoms with E-state index >= 15 is 0 Å². The molecule has 1 atom stereocenters. The van der Waals surface area contributed by atoms with E-state index < -0.39 is 6.09 Å². The van der Waals surface area contributed by atoms with Crippen molar-refractivity contribution in [2.24, 2.45) is 7.05 Å². The summed E-state index contributed by atoms with van der Waals surface area (Å²) in [6.45, 7) is 3.97. The van der Waals surface area contributed by atoms with Crippen LogP contribution in [-0.2, 0) is 18.3 Å². The number of ether oxygens (including phenoxy) is 1. The molecule has 0 bridgehead atoms. The van der Waals surface area contributed by atoms with Crippen LogP contribution >= 0.6 is 11.6 Å². The van der Waals surface area contributed by atoms with Crippen molar-refractivity contribution in [3.8, 4) is 0 Å². The third-order valence-corrected chi connectivity index (χ3v) is 6.30. The second kappa shape index (κ2) is 10.1. The van der Waals surface area contributed by atoms with E-state index in [9.17, 15) is 14.4 Å². The Balaban J connectivity index is 1.87. The van der Waals surface area contributed by atoms with Crippen LogP contribution < -0.4 is 16.2 Å². The van der Waals surface area contributed by atoms with Gasteiger partial charge in [-0.1, -0.05) is 17.7 Å². The predicted molar refractivity (Wildman–Crippen MR) is 141 cm³/mol. The van der Waals surface area contributed by atoms with Gasteiger partial charge in [0.15, 0.2) is 11.3 Å². The fourth-order valence-electron chi connectivity index (χ4n) is 4.31. The first-order chi connectivity index (χ1) is 17.5. The molecule has 0 aliphatic carbocycles. The zero-order valence-electron chi connectivity index (χ0n) is 21.4. The van der Waals surface area contributed by atoms with Crippen molar-refractivity contribution in [3.05, 3.63) is 68.6 Å². The maximum absolute atomic E-state index is 13.4. The zero-order valence-corrected chi connectivity index (χ0v) is 22.2. The molecule has 12 heteroatoms. The topological polar surface area (TPSA) is 123 Å². The average molecular weight is 526 g/mol. The highest BCUT2D eigenvalue weighted by molar-refractivity contribution is 6.29. The number of amides is 2. The quantitative estimate of drug-likeness (QED) is 0.370. The Labute approximate surface area is 218 Å². The van der Waals surface area contributed by atoms with Crippen LogP contribution in [0.1, 0.15) is 40.3 Å². The second-order valence-electron chi connectivity index (χ2n) is 8.94. The number of nitrogens with zero attached hydrogens (tertiary/aromatic N) is 5. The number of methoxy groups -OCH3 is 1. The van der Waals surface area contributed by atoms with Gasteiger partial charge in [0.1, 0.15) is 11.5 Å². The van der Waals surface area contributed by atoms with E-state index in [1.807, 2.05) is 26.0 Å². The number of carbonyl (C=O) groups is 2. The van der Waals surface area contributed by atoms with Crippen LogP contribution in [-0.4, -0.2) is 57.0 Å². The molecule has 0 spiro atoms. The Morgan fingerprint density at radius 2 is 1.97 bits per heavy atom. The average Bonchev–Trinajstić information content (AvgIpc) is 3.31. The molecule has 11 nitrogen and oxygen atoms in total. The van der Waals surface area contributed by atoms with E-state index in [1.54, 1.807) is 44.0 Å². The molecule has 3 heterocycles. The van der Waals surface area contributed by atoms with Gasteiger partial charge >= 0.3 is 6.09 Å². The van der Waals surface area contributed by atoms with Crippen molar-refractivity contribution < 1.29 is 14.3 Å². The molecule has 194 valence electrons. The minimum atomic E-state index is -0.591. The summed E-state index contributed by atoms with van der Waals surface area (Å²) < 4.78 is 7.88. The number of anilines is 1. The molecule has 4 rings (SSSR count). The Hall–Kier alpha value is -4.12. The fraction of sp³-hybridized carbons (Fsp3) is 0.320. The van der Waals surface area contributed by atoms with E-state index in [-0.39, 0.29) is 34.9 Å². The van der Waals surface area contributed by atoms with Crippen molar-refractivity contribution in [1.29, 1.82) is 0 Å². The minimum absolute atomic E-state index is 0.0964. The highest BCUT2D eigenvalue weighted by Crippen LogP contribution is 2.30. The van der Waals surface area contributed by atoms with Gasteiger partial charge < -0.3 is 20.3 Å². The summed E-state index contributed by atoms with van der Waals surface area (Å²) in [7, 11) is 6.19. The lowest BCUT2D eigenvalue weighted by Gasteiger charge is -2.21. The van der Waals surface area contributed by atoms with Gasteiger partial charge in [0.25, 0.3) is 11.5 Å². The summed E-state index contributed by atoms with van der Waals surface area (Å²) in [5.41, 5.74) is 3.90. The number of hydrogen-bond donors (Lipinski definition) is 2. The van der Waals surface area contributed by atoms with Crippen molar-refractivity contribution in [3.63, 3.8) is 0 Å². The number of rotatable bonds is 6. The number of aryl methyl sites for hydroxylation is 2. The van der Waals surface area contributed by atoms with Gasteiger partial charge in [0.2, 0.25) is 0 Å². The standard InChI is InChI=1S/C25H28ClN7O4/c1-13-9-15(14(2)29-17-7-8-19(26)30-18(17)11-27-25(36)37-6)21-16(10-13)23(34)32(5)22-20(24(35)31(3)4)28-12-33(21)22/h7-10,12,14,29H,11H2,1-6H3,(H,27,36). The summed E-state index contributed by atoms with van der Waals surface area (Å²) in [4.78, 5) is 48.0. The number of benzene rings is 1. The first kappa shape index (κ1) is 26.0. The summed E-state index contributed by atoms with van der Waals surface area (Å²) in [5, 5.41) is 6.83. The van der Waals surface area contributed by atoms with E-state index in [0.717, 1.165) is 11.1 Å². The molecular weight excluding hydrogens is 498 g/mol. The van der Waals surface area contributed by atoms with Gasteiger partial charge in [0, 0.05) is 21.1 Å². The highest BCUT2D eigenvalue weighted by atomic mass is 35.5. The van der Waals surface area contributed by atoms with E-state index in [4.69, 9.17) is 11.6 Å². The minimum Gasteiger partial charge on any atom is -0.453 e. The summed E-state index contributed by atoms with van der Waals surface area (Å²) in [6.07, 6.45) is 0.974. The number of pyridine rings is 1. The number of nitrogens with one attached hydrogen (secondary N) is 2. The van der Waals surface area contributed by atoms with E-state index in [1.165, 1.54) is 16.6 Å². The molecule has 0 saturated carbocycles. The Bertz CT molecular complexity index is 1590. The van der Waals surface area contributed by atoms with Crippen molar-refractivity contribution in [1.82, 2.24) is 29.2 Å². The Morgan fingerprint density at radius 3 is 2.65 bits per heavy atom. The molecule has 0 saturated heterocycles. The molecule has 1 aromatic carbocycles. The normalized spacial score (nSPS) is 12.0. The Morgan fingerprint density at radius 1 is 1.24 bits per heavy atom. The lowest BCUT2D eigenvalue weighted by atomic mass is 10.0. The number of alkyl carbamates (subject to hydrolysis) is 1. The van der Waals surface area contributed by atoms with Crippen LogP contribution in [0.3, 0.4) is 0 Å². The lowest BCUT2D eigenvalue weighted by Crippen LogP contribution is -2.26. The number of aromatic nitrogens is 4. The van der Waals surface area contributed by atoms with Gasteiger partial charge in [-0.15, -0.1) is 0 Å². The van der Waals surface area contributed by atoms with Gasteiger partial charge in [-0.25, -0.2) is 14.8 Å². The number of fused-ring (bicyclic) bond motifs is 3.